The number of carbonyl (C=O) groups is 1. The van der Waals surface area contributed by atoms with Gasteiger partial charge in [-0.15, -0.1) is 0 Å². The van der Waals surface area contributed by atoms with Crippen molar-refractivity contribution in [3.8, 4) is 0 Å². The summed E-state index contributed by atoms with van der Waals surface area (Å²) in [5, 5.41) is 12.2. The molecule has 2 atom stereocenters. The molecule has 2 fully saturated rings. The van der Waals surface area contributed by atoms with E-state index in [4.69, 9.17) is 9.84 Å². The number of carbonyl (C=O) groups excluding carboxylic acids is 1. The van der Waals surface area contributed by atoms with Crippen LogP contribution in [0.15, 0.2) is 0 Å². The number of hydrogen-bond donors (Lipinski definition) is 2. The van der Waals surface area contributed by atoms with Crippen molar-refractivity contribution in [1.29, 1.82) is 0 Å². The third kappa shape index (κ3) is 3.83. The molecule has 2 rings (SSSR count). The maximum Gasteiger partial charge on any atom is 0.317 e. The van der Waals surface area contributed by atoms with E-state index in [1.165, 1.54) is 0 Å². The Bertz CT molecular complexity index is 284. The zero-order valence-electron chi connectivity index (χ0n) is 11.8. The number of likely N-dealkylation sites (tertiary alicyclic amines) is 1. The molecule has 2 heterocycles. The van der Waals surface area contributed by atoms with Gasteiger partial charge in [0, 0.05) is 26.3 Å². The predicted octanol–water partition coefficient (Wildman–Crippen LogP) is 1.36. The quantitative estimate of drug-likeness (QED) is 0.811. The van der Waals surface area contributed by atoms with Gasteiger partial charge in [-0.3, -0.25) is 0 Å². The number of aliphatic hydroxyl groups excluding tert-OH is 1. The van der Waals surface area contributed by atoms with Gasteiger partial charge < -0.3 is 20.1 Å². The standard InChI is InChI=1S/C14H26N2O3/c1-2-12(13-4-3-9-19-13)15-14(18)16-7-5-11(10-17)6-8-16/h11-13,17H,2-10H2,1H3,(H,15,18). The van der Waals surface area contributed by atoms with Crippen molar-refractivity contribution in [2.45, 2.75) is 51.2 Å². The highest BCUT2D eigenvalue weighted by Crippen LogP contribution is 2.19. The number of aliphatic hydroxyl groups is 1. The Labute approximate surface area is 115 Å². The molecule has 5 heteroatoms. The fraction of sp³-hybridized carbons (Fsp3) is 0.929. The number of urea groups is 1. The highest BCUT2D eigenvalue weighted by Gasteiger charge is 2.28. The molecule has 0 aromatic carbocycles. The van der Waals surface area contributed by atoms with Gasteiger partial charge in [-0.05, 0) is 38.0 Å². The zero-order valence-corrected chi connectivity index (χ0v) is 11.8. The molecule has 2 saturated heterocycles. The second-order valence-electron chi connectivity index (χ2n) is 5.63. The van der Waals surface area contributed by atoms with Crippen molar-refractivity contribution >= 4 is 6.03 Å². The number of hydrogen-bond acceptors (Lipinski definition) is 3. The summed E-state index contributed by atoms with van der Waals surface area (Å²) in [6, 6.07) is 0.157. The van der Waals surface area contributed by atoms with Crippen molar-refractivity contribution in [1.82, 2.24) is 10.2 Å². The van der Waals surface area contributed by atoms with Crippen molar-refractivity contribution < 1.29 is 14.6 Å². The Morgan fingerprint density at radius 1 is 1.42 bits per heavy atom. The largest absolute Gasteiger partial charge is 0.396 e. The van der Waals surface area contributed by atoms with E-state index in [2.05, 4.69) is 12.2 Å². The average molecular weight is 270 g/mol. The van der Waals surface area contributed by atoms with Gasteiger partial charge in [0.05, 0.1) is 12.1 Å². The first-order chi connectivity index (χ1) is 9.24. The van der Waals surface area contributed by atoms with Crippen LogP contribution in [0.1, 0.15) is 39.0 Å². The first-order valence-corrected chi connectivity index (χ1v) is 7.52. The summed E-state index contributed by atoms with van der Waals surface area (Å²) in [5.41, 5.74) is 0. The van der Waals surface area contributed by atoms with E-state index in [9.17, 15) is 4.79 Å². The van der Waals surface area contributed by atoms with Crippen LogP contribution in [0.4, 0.5) is 4.79 Å². The van der Waals surface area contributed by atoms with Gasteiger partial charge in [-0.25, -0.2) is 4.79 Å². The third-order valence-electron chi connectivity index (χ3n) is 4.32. The Kier molecular flexibility index (Phi) is 5.45. The zero-order chi connectivity index (χ0) is 13.7. The van der Waals surface area contributed by atoms with E-state index in [0.717, 1.165) is 51.8 Å². The Morgan fingerprint density at radius 3 is 2.68 bits per heavy atom. The Balaban J connectivity index is 1.79. The molecular weight excluding hydrogens is 244 g/mol. The molecule has 0 saturated carbocycles. The van der Waals surface area contributed by atoms with Crippen LogP contribution in [0.3, 0.4) is 0 Å². The Morgan fingerprint density at radius 2 is 2.16 bits per heavy atom. The van der Waals surface area contributed by atoms with Gasteiger partial charge in [-0.2, -0.15) is 0 Å². The van der Waals surface area contributed by atoms with Crippen molar-refractivity contribution in [2.24, 2.45) is 5.92 Å². The van der Waals surface area contributed by atoms with Crippen LogP contribution >= 0.6 is 0 Å². The summed E-state index contributed by atoms with van der Waals surface area (Å²) in [6.07, 6.45) is 5.04. The molecule has 2 amide bonds. The molecule has 0 radical (unpaired) electrons. The molecule has 0 aromatic heterocycles. The number of nitrogens with zero attached hydrogens (tertiary/aromatic N) is 1. The minimum atomic E-state index is 0.0266. The maximum absolute atomic E-state index is 12.2. The predicted molar refractivity (Wildman–Crippen MR) is 73.0 cm³/mol. The average Bonchev–Trinajstić information content (AvgIpc) is 2.98. The normalized spacial score (nSPS) is 26.4. The van der Waals surface area contributed by atoms with Gasteiger partial charge in [0.1, 0.15) is 0 Å². The van der Waals surface area contributed by atoms with Crippen LogP contribution in [0, 0.1) is 5.92 Å². The number of amides is 2. The fourth-order valence-electron chi connectivity index (χ4n) is 2.95. The van der Waals surface area contributed by atoms with Crippen LogP contribution in [-0.4, -0.2) is 54.5 Å². The number of piperidine rings is 1. The van der Waals surface area contributed by atoms with Crippen LogP contribution < -0.4 is 5.32 Å². The minimum absolute atomic E-state index is 0.0266. The SMILES string of the molecule is CCC(NC(=O)N1CCC(CO)CC1)C1CCCO1. The molecule has 0 spiro atoms. The number of nitrogens with one attached hydrogen (secondary N) is 1. The lowest BCUT2D eigenvalue weighted by atomic mass is 9.98. The summed E-state index contributed by atoms with van der Waals surface area (Å²) >= 11 is 0. The van der Waals surface area contributed by atoms with Gasteiger partial charge in [0.15, 0.2) is 0 Å². The van der Waals surface area contributed by atoms with E-state index in [1.807, 2.05) is 4.90 Å². The highest BCUT2D eigenvalue weighted by molar-refractivity contribution is 5.74. The molecule has 0 aromatic rings. The summed E-state index contributed by atoms with van der Waals surface area (Å²) in [7, 11) is 0. The molecule has 5 nitrogen and oxygen atoms in total. The summed E-state index contributed by atoms with van der Waals surface area (Å²) < 4.78 is 5.66. The third-order valence-corrected chi connectivity index (χ3v) is 4.32. The van der Waals surface area contributed by atoms with Crippen LogP contribution in [-0.2, 0) is 4.74 Å². The molecular formula is C14H26N2O3. The second-order valence-corrected chi connectivity index (χ2v) is 5.63. The number of ether oxygens (including phenoxy) is 1. The number of rotatable bonds is 4. The fourth-order valence-corrected chi connectivity index (χ4v) is 2.95. The van der Waals surface area contributed by atoms with E-state index >= 15 is 0 Å². The topological polar surface area (TPSA) is 61.8 Å². The molecule has 0 bridgehead atoms. The monoisotopic (exact) mass is 270 g/mol. The van der Waals surface area contributed by atoms with Crippen LogP contribution in [0.5, 0.6) is 0 Å². The van der Waals surface area contributed by atoms with Crippen molar-refractivity contribution in [3.05, 3.63) is 0 Å². The minimum Gasteiger partial charge on any atom is -0.396 e. The summed E-state index contributed by atoms with van der Waals surface area (Å²) in [5.74, 6) is 0.365. The first-order valence-electron chi connectivity index (χ1n) is 7.52. The van der Waals surface area contributed by atoms with Crippen LogP contribution in [0.2, 0.25) is 0 Å². The summed E-state index contributed by atoms with van der Waals surface area (Å²) in [6.45, 7) is 4.64. The van der Waals surface area contributed by atoms with E-state index in [0.29, 0.717) is 5.92 Å². The van der Waals surface area contributed by atoms with E-state index in [-0.39, 0.29) is 24.8 Å². The lowest BCUT2D eigenvalue weighted by molar-refractivity contribution is 0.0746. The van der Waals surface area contributed by atoms with E-state index < -0.39 is 0 Å². The molecule has 2 unspecified atom stereocenters. The maximum atomic E-state index is 12.2. The summed E-state index contributed by atoms with van der Waals surface area (Å²) in [4.78, 5) is 14.1. The second kappa shape index (κ2) is 7.10. The van der Waals surface area contributed by atoms with E-state index in [1.54, 1.807) is 0 Å². The van der Waals surface area contributed by atoms with Crippen LogP contribution in [0.25, 0.3) is 0 Å². The van der Waals surface area contributed by atoms with Gasteiger partial charge in [-0.1, -0.05) is 6.92 Å². The molecule has 0 aliphatic carbocycles. The Hall–Kier alpha value is -0.810. The van der Waals surface area contributed by atoms with Crippen molar-refractivity contribution in [3.63, 3.8) is 0 Å². The highest BCUT2D eigenvalue weighted by atomic mass is 16.5. The van der Waals surface area contributed by atoms with Gasteiger partial charge >= 0.3 is 6.03 Å². The smallest absolute Gasteiger partial charge is 0.317 e. The van der Waals surface area contributed by atoms with Gasteiger partial charge in [0.2, 0.25) is 0 Å². The lowest BCUT2D eigenvalue weighted by Crippen LogP contribution is -2.51. The lowest BCUT2D eigenvalue weighted by Gasteiger charge is -2.33. The van der Waals surface area contributed by atoms with Crippen molar-refractivity contribution in [2.75, 3.05) is 26.3 Å². The molecule has 2 aliphatic rings. The molecule has 110 valence electrons. The molecule has 19 heavy (non-hydrogen) atoms. The molecule has 2 aliphatic heterocycles. The first kappa shape index (κ1) is 14.6. The van der Waals surface area contributed by atoms with Gasteiger partial charge in [0.25, 0.3) is 0 Å². The molecule has 2 N–H and O–H groups in total.